The summed E-state index contributed by atoms with van der Waals surface area (Å²) in [5, 5.41) is 24.2. The summed E-state index contributed by atoms with van der Waals surface area (Å²) in [7, 11) is 3.06. The van der Waals surface area contributed by atoms with Crippen molar-refractivity contribution in [2.45, 2.75) is 6.10 Å². The molecule has 0 aliphatic rings. The van der Waals surface area contributed by atoms with E-state index < -0.39 is 11.0 Å². The Morgan fingerprint density at radius 3 is 2.33 bits per heavy atom. The minimum Gasteiger partial charge on any atom is -0.497 e. The Labute approximate surface area is 143 Å². The van der Waals surface area contributed by atoms with Gasteiger partial charge in [-0.3, -0.25) is 10.1 Å². The quantitative estimate of drug-likeness (QED) is 0.585. The first-order chi connectivity index (χ1) is 11.4. The molecule has 128 valence electrons. The molecular weight excluding hydrogens is 336 g/mol. The number of aliphatic hydroxyl groups is 1. The molecule has 0 fully saturated rings. The highest BCUT2D eigenvalue weighted by molar-refractivity contribution is 6.33. The van der Waals surface area contributed by atoms with Crippen LogP contribution in [-0.2, 0) is 0 Å². The number of hydrogen-bond acceptors (Lipinski definition) is 6. The van der Waals surface area contributed by atoms with Gasteiger partial charge in [-0.15, -0.1) is 0 Å². The van der Waals surface area contributed by atoms with Crippen LogP contribution in [0.25, 0.3) is 0 Å². The molecule has 1 atom stereocenters. The molecule has 0 aliphatic heterocycles. The van der Waals surface area contributed by atoms with Crippen molar-refractivity contribution in [3.05, 3.63) is 57.1 Å². The molecule has 0 amide bonds. The SMILES string of the molecule is COc1cc(OC)cc(C(O)CNc2ccc([N+](=O)[O-])cc2Cl)c1. The van der Waals surface area contributed by atoms with Crippen LogP contribution in [0.1, 0.15) is 11.7 Å². The van der Waals surface area contributed by atoms with Crippen molar-refractivity contribution in [1.29, 1.82) is 0 Å². The number of halogens is 1. The monoisotopic (exact) mass is 352 g/mol. The van der Waals surface area contributed by atoms with Crippen LogP contribution in [0.2, 0.25) is 5.02 Å². The summed E-state index contributed by atoms with van der Waals surface area (Å²) in [5.41, 5.74) is 1.01. The second kappa shape index (κ2) is 7.85. The number of nitro groups is 1. The largest absolute Gasteiger partial charge is 0.497 e. The molecular formula is C16H17ClN2O5. The third-order valence-corrected chi connectivity index (χ3v) is 3.72. The molecule has 24 heavy (non-hydrogen) atoms. The Bertz CT molecular complexity index is 716. The maximum absolute atomic E-state index is 10.7. The first-order valence-electron chi connectivity index (χ1n) is 7.03. The maximum Gasteiger partial charge on any atom is 0.271 e. The molecule has 0 radical (unpaired) electrons. The van der Waals surface area contributed by atoms with Gasteiger partial charge in [0.05, 0.1) is 36.0 Å². The van der Waals surface area contributed by atoms with Crippen molar-refractivity contribution in [3.63, 3.8) is 0 Å². The van der Waals surface area contributed by atoms with Gasteiger partial charge in [-0.25, -0.2) is 0 Å². The molecule has 0 aliphatic carbocycles. The number of anilines is 1. The van der Waals surface area contributed by atoms with Gasteiger partial charge < -0.3 is 19.9 Å². The van der Waals surface area contributed by atoms with E-state index in [9.17, 15) is 15.2 Å². The van der Waals surface area contributed by atoms with Gasteiger partial charge in [-0.1, -0.05) is 11.6 Å². The van der Waals surface area contributed by atoms with E-state index in [1.54, 1.807) is 18.2 Å². The highest BCUT2D eigenvalue weighted by Crippen LogP contribution is 2.29. The van der Waals surface area contributed by atoms with E-state index in [2.05, 4.69) is 5.32 Å². The fraction of sp³-hybridized carbons (Fsp3) is 0.250. The van der Waals surface area contributed by atoms with Crippen LogP contribution in [0.5, 0.6) is 11.5 Å². The third kappa shape index (κ3) is 4.27. The molecule has 0 bridgehead atoms. The first kappa shape index (κ1) is 17.8. The first-order valence-corrected chi connectivity index (χ1v) is 7.41. The van der Waals surface area contributed by atoms with Gasteiger partial charge in [0.25, 0.3) is 5.69 Å². The summed E-state index contributed by atoms with van der Waals surface area (Å²) in [4.78, 5) is 10.2. The molecule has 0 heterocycles. The average Bonchev–Trinajstić information content (AvgIpc) is 2.59. The number of rotatable bonds is 7. The molecule has 1 unspecified atom stereocenters. The lowest BCUT2D eigenvalue weighted by Crippen LogP contribution is -2.12. The molecule has 0 saturated heterocycles. The second-order valence-corrected chi connectivity index (χ2v) is 5.37. The third-order valence-electron chi connectivity index (χ3n) is 3.41. The van der Waals surface area contributed by atoms with Crippen molar-refractivity contribution in [1.82, 2.24) is 0 Å². The number of aliphatic hydroxyl groups excluding tert-OH is 1. The minimum atomic E-state index is -0.847. The fourth-order valence-electron chi connectivity index (χ4n) is 2.11. The van der Waals surface area contributed by atoms with Crippen LogP contribution in [0, 0.1) is 10.1 Å². The van der Waals surface area contributed by atoms with E-state index in [1.807, 2.05) is 0 Å². The normalized spacial score (nSPS) is 11.7. The molecule has 0 saturated carbocycles. The number of benzene rings is 2. The average molecular weight is 353 g/mol. The number of non-ortho nitro benzene ring substituents is 1. The van der Waals surface area contributed by atoms with Gasteiger partial charge in [-0.05, 0) is 23.8 Å². The summed E-state index contributed by atoms with van der Waals surface area (Å²) in [6.45, 7) is 0.161. The maximum atomic E-state index is 10.7. The van der Waals surface area contributed by atoms with E-state index in [1.165, 1.54) is 32.4 Å². The standard InChI is InChI=1S/C16H17ClN2O5/c1-23-12-5-10(6-13(8-12)24-2)16(20)9-18-15-4-3-11(19(21)22)7-14(15)17/h3-8,16,18,20H,9H2,1-2H3. The number of nitrogens with one attached hydrogen (secondary N) is 1. The summed E-state index contributed by atoms with van der Waals surface area (Å²) in [5.74, 6) is 1.13. The number of methoxy groups -OCH3 is 2. The lowest BCUT2D eigenvalue weighted by molar-refractivity contribution is -0.384. The number of hydrogen-bond donors (Lipinski definition) is 2. The molecule has 0 aromatic heterocycles. The van der Waals surface area contributed by atoms with Gasteiger partial charge in [0.1, 0.15) is 11.5 Å². The van der Waals surface area contributed by atoms with Gasteiger partial charge in [0.2, 0.25) is 0 Å². The zero-order valence-electron chi connectivity index (χ0n) is 13.2. The Kier molecular flexibility index (Phi) is 5.83. The van der Waals surface area contributed by atoms with E-state index in [-0.39, 0.29) is 17.3 Å². The molecule has 2 aromatic rings. The van der Waals surface area contributed by atoms with Crippen molar-refractivity contribution in [2.75, 3.05) is 26.1 Å². The Hall–Kier alpha value is -2.51. The van der Waals surface area contributed by atoms with Crippen molar-refractivity contribution >= 4 is 23.0 Å². The number of ether oxygens (including phenoxy) is 2. The van der Waals surface area contributed by atoms with E-state index in [0.717, 1.165) is 0 Å². The van der Waals surface area contributed by atoms with Crippen molar-refractivity contribution < 1.29 is 19.5 Å². The molecule has 2 aromatic carbocycles. The molecule has 0 spiro atoms. The molecule has 8 heteroatoms. The van der Waals surface area contributed by atoms with E-state index in [0.29, 0.717) is 22.7 Å². The van der Waals surface area contributed by atoms with Gasteiger partial charge in [0.15, 0.2) is 0 Å². The smallest absolute Gasteiger partial charge is 0.271 e. The van der Waals surface area contributed by atoms with Crippen LogP contribution < -0.4 is 14.8 Å². The number of nitro benzene ring substituents is 1. The predicted molar refractivity (Wildman–Crippen MR) is 91.1 cm³/mol. The summed E-state index contributed by atoms with van der Waals surface area (Å²) in [6, 6.07) is 9.20. The van der Waals surface area contributed by atoms with Crippen LogP contribution >= 0.6 is 11.6 Å². The Balaban J connectivity index is 2.10. The zero-order chi connectivity index (χ0) is 17.7. The van der Waals surface area contributed by atoms with Gasteiger partial charge in [0, 0.05) is 24.7 Å². The van der Waals surface area contributed by atoms with Crippen LogP contribution in [-0.4, -0.2) is 30.8 Å². The topological polar surface area (TPSA) is 93.9 Å². The lowest BCUT2D eigenvalue weighted by Gasteiger charge is -2.16. The number of nitrogens with zero attached hydrogens (tertiary/aromatic N) is 1. The summed E-state index contributed by atoms with van der Waals surface area (Å²) in [6.07, 6.45) is -0.847. The summed E-state index contributed by atoms with van der Waals surface area (Å²) < 4.78 is 10.3. The van der Waals surface area contributed by atoms with Gasteiger partial charge in [-0.2, -0.15) is 0 Å². The van der Waals surface area contributed by atoms with Crippen molar-refractivity contribution in [2.24, 2.45) is 0 Å². The van der Waals surface area contributed by atoms with Crippen LogP contribution in [0.3, 0.4) is 0 Å². The Morgan fingerprint density at radius 1 is 1.21 bits per heavy atom. The van der Waals surface area contributed by atoms with Crippen molar-refractivity contribution in [3.8, 4) is 11.5 Å². The highest BCUT2D eigenvalue weighted by Gasteiger charge is 2.13. The van der Waals surface area contributed by atoms with Crippen LogP contribution in [0.15, 0.2) is 36.4 Å². The Morgan fingerprint density at radius 2 is 1.83 bits per heavy atom. The summed E-state index contributed by atoms with van der Waals surface area (Å²) >= 11 is 6.01. The van der Waals surface area contributed by atoms with E-state index >= 15 is 0 Å². The highest BCUT2D eigenvalue weighted by atomic mass is 35.5. The molecule has 2 N–H and O–H groups in total. The van der Waals surface area contributed by atoms with E-state index in [4.69, 9.17) is 21.1 Å². The molecule has 2 rings (SSSR count). The lowest BCUT2D eigenvalue weighted by atomic mass is 10.1. The van der Waals surface area contributed by atoms with Crippen LogP contribution in [0.4, 0.5) is 11.4 Å². The molecule has 7 nitrogen and oxygen atoms in total. The predicted octanol–water partition coefficient (Wildman–Crippen LogP) is 3.41. The zero-order valence-corrected chi connectivity index (χ0v) is 13.9. The minimum absolute atomic E-state index is 0.0939. The fourth-order valence-corrected chi connectivity index (χ4v) is 2.35. The van der Waals surface area contributed by atoms with Gasteiger partial charge >= 0.3 is 0 Å². The second-order valence-electron chi connectivity index (χ2n) is 4.96.